The molecule has 0 aliphatic rings. The van der Waals surface area contributed by atoms with Gasteiger partial charge in [0.2, 0.25) is 0 Å². The Hall–Kier alpha value is -1.42. The lowest BCUT2D eigenvalue weighted by molar-refractivity contribution is 0.0600. The third-order valence-electron chi connectivity index (χ3n) is 1.87. The van der Waals surface area contributed by atoms with Crippen LogP contribution in [-0.4, -0.2) is 18.2 Å². The molecule has 0 spiro atoms. The number of benzene rings is 1. The van der Waals surface area contributed by atoms with E-state index in [2.05, 4.69) is 4.74 Å². The number of carbonyl (C=O) groups excluding carboxylic acids is 1. The number of esters is 1. The molecule has 4 heteroatoms. The number of methoxy groups -OCH3 is 1. The molecule has 0 aromatic heterocycles. The molecule has 0 aliphatic carbocycles. The second-order valence-corrected chi connectivity index (χ2v) is 2.90. The number of rotatable bonds is 2. The molecule has 0 heterocycles. The van der Waals surface area contributed by atoms with E-state index in [-0.39, 0.29) is 11.1 Å². The summed E-state index contributed by atoms with van der Waals surface area (Å²) in [6.07, 6.45) is -0.887. The highest BCUT2D eigenvalue weighted by molar-refractivity contribution is 5.89. The molecule has 0 fully saturated rings. The van der Waals surface area contributed by atoms with Crippen LogP contribution in [0.2, 0.25) is 0 Å². The van der Waals surface area contributed by atoms with Gasteiger partial charge in [0.15, 0.2) is 0 Å². The molecule has 0 radical (unpaired) electrons. The van der Waals surface area contributed by atoms with Gasteiger partial charge in [-0.05, 0) is 19.1 Å². The van der Waals surface area contributed by atoms with Crippen LogP contribution in [0.4, 0.5) is 4.39 Å². The van der Waals surface area contributed by atoms with Gasteiger partial charge in [0.05, 0.1) is 18.8 Å². The van der Waals surface area contributed by atoms with Crippen molar-refractivity contribution in [2.24, 2.45) is 0 Å². The third-order valence-corrected chi connectivity index (χ3v) is 1.87. The topological polar surface area (TPSA) is 46.5 Å². The summed E-state index contributed by atoms with van der Waals surface area (Å²) >= 11 is 0. The molecule has 1 unspecified atom stereocenters. The van der Waals surface area contributed by atoms with Crippen LogP contribution >= 0.6 is 0 Å². The number of hydrogen-bond donors (Lipinski definition) is 1. The maximum atomic E-state index is 13.2. The lowest BCUT2D eigenvalue weighted by atomic mass is 10.1. The lowest BCUT2D eigenvalue weighted by Crippen LogP contribution is -2.04. The average Bonchev–Trinajstić information content (AvgIpc) is 2.15. The summed E-state index contributed by atoms with van der Waals surface area (Å²) < 4.78 is 17.7. The summed E-state index contributed by atoms with van der Waals surface area (Å²) in [6.45, 7) is 1.45. The number of halogens is 1. The fraction of sp³-hybridized carbons (Fsp3) is 0.300. The van der Waals surface area contributed by atoms with Gasteiger partial charge in [-0.2, -0.15) is 0 Å². The highest BCUT2D eigenvalue weighted by Crippen LogP contribution is 2.17. The normalized spacial score (nSPS) is 12.3. The first-order valence-electron chi connectivity index (χ1n) is 4.12. The largest absolute Gasteiger partial charge is 0.465 e. The van der Waals surface area contributed by atoms with Gasteiger partial charge in [-0.25, -0.2) is 9.18 Å². The summed E-state index contributed by atoms with van der Waals surface area (Å²) in [7, 11) is 1.23. The van der Waals surface area contributed by atoms with Gasteiger partial charge in [0, 0.05) is 5.56 Å². The minimum absolute atomic E-state index is 0.134. The van der Waals surface area contributed by atoms with E-state index >= 15 is 0 Å². The standard InChI is InChI=1S/C10H11FO3/c1-6(12)8-4-3-7(5-9(8)11)10(13)14-2/h3-6,12H,1-2H3. The van der Waals surface area contributed by atoms with Crippen molar-refractivity contribution in [3.05, 3.63) is 35.1 Å². The van der Waals surface area contributed by atoms with E-state index in [9.17, 15) is 9.18 Å². The van der Waals surface area contributed by atoms with E-state index in [0.29, 0.717) is 0 Å². The summed E-state index contributed by atoms with van der Waals surface area (Å²) in [4.78, 5) is 11.0. The molecule has 0 aliphatic heterocycles. The van der Waals surface area contributed by atoms with Crippen molar-refractivity contribution < 1.29 is 19.0 Å². The number of aliphatic hydroxyl groups excluding tert-OH is 1. The first-order chi connectivity index (χ1) is 6.56. The van der Waals surface area contributed by atoms with Gasteiger partial charge in [0.1, 0.15) is 5.82 Å². The van der Waals surface area contributed by atoms with Crippen molar-refractivity contribution in [3.8, 4) is 0 Å². The monoisotopic (exact) mass is 198 g/mol. The molecule has 3 nitrogen and oxygen atoms in total. The van der Waals surface area contributed by atoms with Crippen molar-refractivity contribution in [2.45, 2.75) is 13.0 Å². The number of carbonyl (C=O) groups is 1. The van der Waals surface area contributed by atoms with E-state index < -0.39 is 17.9 Å². The van der Waals surface area contributed by atoms with E-state index in [0.717, 1.165) is 6.07 Å². The van der Waals surface area contributed by atoms with Gasteiger partial charge in [-0.15, -0.1) is 0 Å². The molecule has 0 saturated carbocycles. The zero-order valence-electron chi connectivity index (χ0n) is 7.95. The molecular weight excluding hydrogens is 187 g/mol. The van der Waals surface area contributed by atoms with Gasteiger partial charge in [-0.3, -0.25) is 0 Å². The van der Waals surface area contributed by atoms with Crippen LogP contribution in [0.5, 0.6) is 0 Å². The van der Waals surface area contributed by atoms with Crippen LogP contribution in [0.15, 0.2) is 18.2 Å². The van der Waals surface area contributed by atoms with E-state index in [4.69, 9.17) is 5.11 Å². The maximum absolute atomic E-state index is 13.2. The van der Waals surface area contributed by atoms with Gasteiger partial charge in [0.25, 0.3) is 0 Å². The lowest BCUT2D eigenvalue weighted by Gasteiger charge is -2.07. The van der Waals surface area contributed by atoms with Crippen LogP contribution in [0, 0.1) is 5.82 Å². The predicted octanol–water partition coefficient (Wildman–Crippen LogP) is 1.67. The van der Waals surface area contributed by atoms with Crippen molar-refractivity contribution in [3.63, 3.8) is 0 Å². The molecular formula is C10H11FO3. The summed E-state index contributed by atoms with van der Waals surface area (Å²) in [6, 6.07) is 3.83. The summed E-state index contributed by atoms with van der Waals surface area (Å²) in [5.41, 5.74) is 0.298. The fourth-order valence-corrected chi connectivity index (χ4v) is 1.11. The van der Waals surface area contributed by atoms with Crippen molar-refractivity contribution in [2.75, 3.05) is 7.11 Å². The number of aliphatic hydroxyl groups is 1. The number of hydrogen-bond acceptors (Lipinski definition) is 3. The Morgan fingerprint density at radius 2 is 2.21 bits per heavy atom. The average molecular weight is 198 g/mol. The Bertz CT molecular complexity index is 347. The highest BCUT2D eigenvalue weighted by atomic mass is 19.1. The second kappa shape index (κ2) is 4.19. The summed E-state index contributed by atoms with van der Waals surface area (Å²) in [5, 5.41) is 9.14. The predicted molar refractivity (Wildman–Crippen MR) is 48.4 cm³/mol. The Balaban J connectivity index is 3.06. The smallest absolute Gasteiger partial charge is 0.337 e. The molecule has 1 rings (SSSR count). The molecule has 14 heavy (non-hydrogen) atoms. The van der Waals surface area contributed by atoms with Crippen molar-refractivity contribution in [1.82, 2.24) is 0 Å². The van der Waals surface area contributed by atoms with E-state index in [1.807, 2.05) is 0 Å². The molecule has 76 valence electrons. The van der Waals surface area contributed by atoms with Gasteiger partial charge < -0.3 is 9.84 Å². The quantitative estimate of drug-likeness (QED) is 0.735. The molecule has 0 bridgehead atoms. The Morgan fingerprint density at radius 3 is 2.64 bits per heavy atom. The van der Waals surface area contributed by atoms with Crippen molar-refractivity contribution >= 4 is 5.97 Å². The van der Waals surface area contributed by atoms with Crippen LogP contribution < -0.4 is 0 Å². The van der Waals surface area contributed by atoms with Crippen LogP contribution in [0.3, 0.4) is 0 Å². The highest BCUT2D eigenvalue weighted by Gasteiger charge is 2.12. The van der Waals surface area contributed by atoms with Gasteiger partial charge in [-0.1, -0.05) is 6.07 Å². The fourth-order valence-electron chi connectivity index (χ4n) is 1.11. The molecule has 1 N–H and O–H groups in total. The third kappa shape index (κ3) is 2.09. The molecule has 1 aromatic carbocycles. The van der Waals surface area contributed by atoms with Crippen LogP contribution in [0.1, 0.15) is 28.9 Å². The van der Waals surface area contributed by atoms with Crippen LogP contribution in [0.25, 0.3) is 0 Å². The maximum Gasteiger partial charge on any atom is 0.337 e. The SMILES string of the molecule is COC(=O)c1ccc(C(C)O)c(F)c1. The first-order valence-corrected chi connectivity index (χ1v) is 4.12. The molecule has 0 amide bonds. The minimum atomic E-state index is -0.887. The molecule has 0 saturated heterocycles. The Kier molecular flexibility index (Phi) is 3.19. The Labute approximate surface area is 81.1 Å². The first kappa shape index (κ1) is 10.7. The van der Waals surface area contributed by atoms with E-state index in [1.165, 1.54) is 26.2 Å². The van der Waals surface area contributed by atoms with Gasteiger partial charge >= 0.3 is 5.97 Å². The number of ether oxygens (including phenoxy) is 1. The second-order valence-electron chi connectivity index (χ2n) is 2.90. The van der Waals surface area contributed by atoms with Crippen LogP contribution in [-0.2, 0) is 4.74 Å². The molecule has 1 atom stereocenters. The Morgan fingerprint density at radius 1 is 1.57 bits per heavy atom. The van der Waals surface area contributed by atoms with E-state index in [1.54, 1.807) is 0 Å². The van der Waals surface area contributed by atoms with Crippen molar-refractivity contribution in [1.29, 1.82) is 0 Å². The molecule has 1 aromatic rings. The zero-order valence-corrected chi connectivity index (χ0v) is 7.95. The minimum Gasteiger partial charge on any atom is -0.465 e. The summed E-state index contributed by atoms with van der Waals surface area (Å²) in [5.74, 6) is -1.20. The zero-order chi connectivity index (χ0) is 10.7.